The number of sulfone groups is 1. The molecule has 1 aliphatic heterocycles. The number of rotatable bonds is 2. The fraction of sp³-hybridized carbons (Fsp3) is 0.455. The Bertz CT molecular complexity index is 499. The summed E-state index contributed by atoms with van der Waals surface area (Å²) in [5, 5.41) is 0. The van der Waals surface area contributed by atoms with Crippen LogP contribution in [-0.2, 0) is 16.3 Å². The summed E-state index contributed by atoms with van der Waals surface area (Å²) < 4.78 is 35.7. The summed E-state index contributed by atoms with van der Waals surface area (Å²) in [7, 11) is -2.87. The van der Waals surface area contributed by atoms with Crippen molar-refractivity contribution in [3.63, 3.8) is 0 Å². The van der Waals surface area contributed by atoms with E-state index in [-0.39, 0.29) is 23.1 Å². The molecule has 2 N–H and O–H groups in total. The molecule has 5 heteroatoms. The zero-order valence-electron chi connectivity index (χ0n) is 8.82. The maximum atomic E-state index is 13.2. The predicted octanol–water partition coefficient (Wildman–Crippen LogP) is 1.39. The van der Waals surface area contributed by atoms with Crippen LogP contribution >= 0.6 is 0 Å². The molecule has 1 atom stereocenters. The second kappa shape index (κ2) is 4.05. The highest BCUT2D eigenvalue weighted by Crippen LogP contribution is 2.26. The van der Waals surface area contributed by atoms with Gasteiger partial charge in [0.05, 0.1) is 17.2 Å². The molecule has 1 saturated heterocycles. The predicted molar refractivity (Wildman–Crippen MR) is 61.3 cm³/mol. The lowest BCUT2D eigenvalue weighted by atomic mass is 9.98. The number of nitrogen functional groups attached to an aromatic ring is 1. The molecular formula is C11H14FNO2S. The van der Waals surface area contributed by atoms with Crippen LogP contribution in [0, 0.1) is 11.7 Å². The summed E-state index contributed by atoms with van der Waals surface area (Å²) in [6.45, 7) is 0. The minimum absolute atomic E-state index is 0.0779. The standard InChI is InChI=1S/C11H14FNO2S/c12-10-3-1-2-9(11(10)13)6-8-4-5-16(14,15)7-8/h1-3,8H,4-7,13H2. The lowest BCUT2D eigenvalue weighted by molar-refractivity contribution is 0.580. The van der Waals surface area contributed by atoms with Gasteiger partial charge in [0.1, 0.15) is 5.82 Å². The van der Waals surface area contributed by atoms with E-state index in [9.17, 15) is 12.8 Å². The van der Waals surface area contributed by atoms with Crippen molar-refractivity contribution in [1.29, 1.82) is 0 Å². The van der Waals surface area contributed by atoms with Crippen molar-refractivity contribution in [3.05, 3.63) is 29.6 Å². The number of anilines is 1. The minimum atomic E-state index is -2.87. The molecule has 0 amide bonds. The fourth-order valence-corrected chi connectivity index (χ4v) is 3.97. The average molecular weight is 243 g/mol. The first kappa shape index (κ1) is 11.4. The molecule has 1 aliphatic rings. The van der Waals surface area contributed by atoms with Gasteiger partial charge in [0.15, 0.2) is 9.84 Å². The molecule has 0 spiro atoms. The molecule has 1 fully saturated rings. The summed E-state index contributed by atoms with van der Waals surface area (Å²) in [4.78, 5) is 0. The number of nitrogens with two attached hydrogens (primary N) is 1. The second-order valence-electron chi connectivity index (χ2n) is 4.29. The van der Waals surface area contributed by atoms with E-state index in [0.717, 1.165) is 0 Å². The van der Waals surface area contributed by atoms with Crippen molar-refractivity contribution in [2.24, 2.45) is 5.92 Å². The van der Waals surface area contributed by atoms with E-state index in [4.69, 9.17) is 5.73 Å². The number of hydrogen-bond donors (Lipinski definition) is 1. The maximum Gasteiger partial charge on any atom is 0.150 e. The Kier molecular flexibility index (Phi) is 2.88. The summed E-state index contributed by atoms with van der Waals surface area (Å²) in [5.41, 5.74) is 6.46. The first-order valence-electron chi connectivity index (χ1n) is 5.21. The van der Waals surface area contributed by atoms with Gasteiger partial charge in [-0.25, -0.2) is 12.8 Å². The smallest absolute Gasteiger partial charge is 0.150 e. The number of para-hydroxylation sites is 1. The number of benzene rings is 1. The monoisotopic (exact) mass is 243 g/mol. The van der Waals surface area contributed by atoms with Crippen molar-refractivity contribution in [2.75, 3.05) is 17.2 Å². The Morgan fingerprint density at radius 1 is 1.44 bits per heavy atom. The van der Waals surface area contributed by atoms with Crippen molar-refractivity contribution in [2.45, 2.75) is 12.8 Å². The van der Waals surface area contributed by atoms with Crippen LogP contribution in [0.4, 0.5) is 10.1 Å². The molecule has 16 heavy (non-hydrogen) atoms. The maximum absolute atomic E-state index is 13.2. The minimum Gasteiger partial charge on any atom is -0.396 e. The van der Waals surface area contributed by atoms with Crippen LogP contribution in [0.5, 0.6) is 0 Å². The Labute approximate surface area is 94.4 Å². The lowest BCUT2D eigenvalue weighted by Gasteiger charge is -2.10. The topological polar surface area (TPSA) is 60.2 Å². The van der Waals surface area contributed by atoms with E-state index < -0.39 is 15.7 Å². The van der Waals surface area contributed by atoms with Crippen molar-refractivity contribution >= 4 is 15.5 Å². The molecule has 1 unspecified atom stereocenters. The third kappa shape index (κ3) is 2.35. The van der Waals surface area contributed by atoms with Crippen LogP contribution in [-0.4, -0.2) is 19.9 Å². The van der Waals surface area contributed by atoms with Gasteiger partial charge in [-0.05, 0) is 30.4 Å². The fourth-order valence-electron chi connectivity index (χ4n) is 2.10. The molecular weight excluding hydrogens is 229 g/mol. The molecule has 3 nitrogen and oxygen atoms in total. The quantitative estimate of drug-likeness (QED) is 0.798. The van der Waals surface area contributed by atoms with Gasteiger partial charge >= 0.3 is 0 Å². The van der Waals surface area contributed by atoms with Crippen LogP contribution in [0.25, 0.3) is 0 Å². The zero-order chi connectivity index (χ0) is 11.8. The largest absolute Gasteiger partial charge is 0.396 e. The molecule has 1 aromatic rings. The number of halogens is 1. The first-order valence-corrected chi connectivity index (χ1v) is 7.03. The zero-order valence-corrected chi connectivity index (χ0v) is 9.63. The van der Waals surface area contributed by atoms with E-state index in [1.165, 1.54) is 6.07 Å². The van der Waals surface area contributed by atoms with Gasteiger partial charge in [-0.1, -0.05) is 12.1 Å². The van der Waals surface area contributed by atoms with Gasteiger partial charge in [0.2, 0.25) is 0 Å². The molecule has 2 rings (SSSR count). The van der Waals surface area contributed by atoms with Gasteiger partial charge in [-0.2, -0.15) is 0 Å². The highest BCUT2D eigenvalue weighted by atomic mass is 32.2. The molecule has 0 radical (unpaired) electrons. The molecule has 0 saturated carbocycles. The summed E-state index contributed by atoms with van der Waals surface area (Å²) in [6.07, 6.45) is 1.20. The van der Waals surface area contributed by atoms with E-state index in [1.54, 1.807) is 12.1 Å². The summed E-state index contributed by atoms with van der Waals surface area (Å²) >= 11 is 0. The highest BCUT2D eigenvalue weighted by molar-refractivity contribution is 7.91. The Morgan fingerprint density at radius 3 is 2.81 bits per heavy atom. The molecule has 1 aromatic carbocycles. The molecule has 0 aliphatic carbocycles. The Hall–Kier alpha value is -1.10. The Morgan fingerprint density at radius 2 is 2.19 bits per heavy atom. The van der Waals surface area contributed by atoms with Gasteiger partial charge < -0.3 is 5.73 Å². The van der Waals surface area contributed by atoms with Gasteiger partial charge in [0, 0.05) is 0 Å². The third-order valence-electron chi connectivity index (χ3n) is 2.98. The highest BCUT2D eigenvalue weighted by Gasteiger charge is 2.28. The molecule has 0 aromatic heterocycles. The Balaban J connectivity index is 2.14. The van der Waals surface area contributed by atoms with Crippen LogP contribution in [0.3, 0.4) is 0 Å². The van der Waals surface area contributed by atoms with Crippen LogP contribution < -0.4 is 5.73 Å². The van der Waals surface area contributed by atoms with Gasteiger partial charge in [0.25, 0.3) is 0 Å². The molecule has 88 valence electrons. The molecule has 1 heterocycles. The second-order valence-corrected chi connectivity index (χ2v) is 6.51. The summed E-state index contributed by atoms with van der Waals surface area (Å²) in [5.74, 6) is 0.0861. The SMILES string of the molecule is Nc1c(F)cccc1CC1CCS(=O)(=O)C1. The van der Waals surface area contributed by atoms with Crippen LogP contribution in [0.2, 0.25) is 0 Å². The van der Waals surface area contributed by atoms with Crippen molar-refractivity contribution in [1.82, 2.24) is 0 Å². The normalized spacial score (nSPS) is 23.4. The summed E-state index contributed by atoms with van der Waals surface area (Å²) in [6, 6.07) is 4.66. The van der Waals surface area contributed by atoms with Crippen molar-refractivity contribution in [3.8, 4) is 0 Å². The third-order valence-corrected chi connectivity index (χ3v) is 4.82. The average Bonchev–Trinajstić information content (AvgIpc) is 2.53. The lowest BCUT2D eigenvalue weighted by Crippen LogP contribution is -2.09. The van der Waals surface area contributed by atoms with E-state index >= 15 is 0 Å². The first-order chi connectivity index (χ1) is 7.48. The van der Waals surface area contributed by atoms with E-state index in [1.807, 2.05) is 0 Å². The van der Waals surface area contributed by atoms with Crippen LogP contribution in [0.1, 0.15) is 12.0 Å². The van der Waals surface area contributed by atoms with E-state index in [0.29, 0.717) is 18.4 Å². The van der Waals surface area contributed by atoms with Crippen LogP contribution in [0.15, 0.2) is 18.2 Å². The number of hydrogen-bond acceptors (Lipinski definition) is 3. The van der Waals surface area contributed by atoms with Crippen molar-refractivity contribution < 1.29 is 12.8 Å². The van der Waals surface area contributed by atoms with Gasteiger partial charge in [-0.15, -0.1) is 0 Å². The molecule has 0 bridgehead atoms. The van der Waals surface area contributed by atoms with Gasteiger partial charge in [-0.3, -0.25) is 0 Å². The van der Waals surface area contributed by atoms with E-state index in [2.05, 4.69) is 0 Å².